The number of azo groups is 1. The van der Waals surface area contributed by atoms with Gasteiger partial charge in [-0.05, 0) is 49.5 Å². The van der Waals surface area contributed by atoms with Gasteiger partial charge in [0.2, 0.25) is 0 Å². The lowest BCUT2D eigenvalue weighted by atomic mass is 10.1. The number of nitrogens with zero attached hydrogens (tertiary/aromatic N) is 3. The van der Waals surface area contributed by atoms with Crippen LogP contribution in [-0.2, 0) is 0 Å². The van der Waals surface area contributed by atoms with E-state index in [-0.39, 0.29) is 5.82 Å². The quantitative estimate of drug-likeness (QED) is 0.487. The van der Waals surface area contributed by atoms with Crippen molar-refractivity contribution in [3.8, 4) is 0 Å². The molecule has 0 fully saturated rings. The molecule has 3 aromatic rings. The van der Waals surface area contributed by atoms with Crippen LogP contribution in [0.3, 0.4) is 0 Å². The first kappa shape index (κ1) is 19.0. The van der Waals surface area contributed by atoms with E-state index in [1.165, 1.54) is 12.1 Å². The monoisotopic (exact) mass is 364 g/mol. The van der Waals surface area contributed by atoms with Crippen molar-refractivity contribution in [3.63, 3.8) is 0 Å². The van der Waals surface area contributed by atoms with Crippen molar-refractivity contribution in [1.82, 2.24) is 4.90 Å². The Labute approximate surface area is 159 Å². The van der Waals surface area contributed by atoms with Crippen molar-refractivity contribution in [3.05, 3.63) is 66.5 Å². The molecule has 0 bridgehead atoms. The van der Waals surface area contributed by atoms with Gasteiger partial charge in [0.05, 0.1) is 11.4 Å². The van der Waals surface area contributed by atoms with Gasteiger partial charge in [0.25, 0.3) is 0 Å². The average Bonchev–Trinajstić information content (AvgIpc) is 2.71. The molecule has 0 saturated heterocycles. The van der Waals surface area contributed by atoms with E-state index in [4.69, 9.17) is 0 Å². The fraction of sp³-hybridized carbons (Fsp3) is 0.273. The van der Waals surface area contributed by atoms with E-state index in [9.17, 15) is 4.39 Å². The Morgan fingerprint density at radius 1 is 0.852 bits per heavy atom. The number of halogens is 1. The van der Waals surface area contributed by atoms with Crippen molar-refractivity contribution in [2.24, 2.45) is 10.2 Å². The van der Waals surface area contributed by atoms with E-state index in [2.05, 4.69) is 40.4 Å². The number of rotatable bonds is 8. The van der Waals surface area contributed by atoms with Crippen molar-refractivity contribution in [1.29, 1.82) is 0 Å². The first-order valence-electron chi connectivity index (χ1n) is 9.36. The van der Waals surface area contributed by atoms with Crippen molar-refractivity contribution in [2.75, 3.05) is 31.5 Å². The van der Waals surface area contributed by atoms with Crippen LogP contribution in [0.2, 0.25) is 0 Å². The molecule has 4 nitrogen and oxygen atoms in total. The zero-order chi connectivity index (χ0) is 19.1. The lowest BCUT2D eigenvalue weighted by Crippen LogP contribution is -2.28. The van der Waals surface area contributed by atoms with Crippen LogP contribution >= 0.6 is 0 Å². The third kappa shape index (κ3) is 4.89. The number of hydrogen-bond donors (Lipinski definition) is 1. The second kappa shape index (κ2) is 9.24. The van der Waals surface area contributed by atoms with Crippen LogP contribution in [0.25, 0.3) is 10.8 Å². The molecule has 0 aliphatic heterocycles. The molecular weight excluding hydrogens is 339 g/mol. The highest BCUT2D eigenvalue weighted by atomic mass is 19.1. The summed E-state index contributed by atoms with van der Waals surface area (Å²) in [5.41, 5.74) is 2.52. The number of hydrogen-bond acceptors (Lipinski definition) is 4. The Morgan fingerprint density at radius 3 is 2.26 bits per heavy atom. The zero-order valence-electron chi connectivity index (χ0n) is 15.8. The number of benzene rings is 3. The van der Waals surface area contributed by atoms with Crippen LogP contribution in [-0.4, -0.2) is 31.1 Å². The minimum Gasteiger partial charge on any atom is -0.383 e. The summed E-state index contributed by atoms with van der Waals surface area (Å²) in [4.78, 5) is 2.39. The van der Waals surface area contributed by atoms with E-state index < -0.39 is 0 Å². The molecule has 0 unspecified atom stereocenters. The molecule has 0 aromatic heterocycles. The predicted molar refractivity (Wildman–Crippen MR) is 111 cm³/mol. The predicted octanol–water partition coefficient (Wildman–Crippen LogP) is 6.15. The lowest BCUT2D eigenvalue weighted by Gasteiger charge is -2.19. The Balaban J connectivity index is 1.81. The Morgan fingerprint density at radius 2 is 1.56 bits per heavy atom. The molecule has 0 amide bonds. The Bertz CT molecular complexity index is 902. The van der Waals surface area contributed by atoms with Gasteiger partial charge in [0.15, 0.2) is 0 Å². The summed E-state index contributed by atoms with van der Waals surface area (Å²) < 4.78 is 13.0. The highest BCUT2D eigenvalue weighted by Gasteiger charge is 2.06. The maximum absolute atomic E-state index is 13.0. The second-order valence-electron chi connectivity index (χ2n) is 6.31. The minimum absolute atomic E-state index is 0.278. The van der Waals surface area contributed by atoms with Gasteiger partial charge in [0.1, 0.15) is 5.82 Å². The van der Waals surface area contributed by atoms with Crippen molar-refractivity contribution >= 4 is 27.8 Å². The van der Waals surface area contributed by atoms with E-state index in [0.29, 0.717) is 5.69 Å². The molecule has 27 heavy (non-hydrogen) atoms. The SMILES string of the molecule is CCN(CC)CCNc1ccc(/N=N/c2ccc(F)cc2)c2ccccc12. The van der Waals surface area contributed by atoms with Crippen LogP contribution in [0.5, 0.6) is 0 Å². The molecule has 3 rings (SSSR count). The zero-order valence-corrected chi connectivity index (χ0v) is 15.8. The molecule has 5 heteroatoms. The molecular formula is C22H25FN4. The summed E-state index contributed by atoms with van der Waals surface area (Å²) in [6.45, 7) is 8.37. The first-order chi connectivity index (χ1) is 13.2. The van der Waals surface area contributed by atoms with Gasteiger partial charge < -0.3 is 10.2 Å². The second-order valence-corrected chi connectivity index (χ2v) is 6.31. The molecule has 0 atom stereocenters. The maximum Gasteiger partial charge on any atom is 0.123 e. The first-order valence-corrected chi connectivity index (χ1v) is 9.36. The van der Waals surface area contributed by atoms with Crippen molar-refractivity contribution < 1.29 is 4.39 Å². The third-order valence-corrected chi connectivity index (χ3v) is 4.64. The van der Waals surface area contributed by atoms with Gasteiger partial charge >= 0.3 is 0 Å². The van der Waals surface area contributed by atoms with Gasteiger partial charge in [0, 0.05) is 29.5 Å². The molecule has 0 spiro atoms. The topological polar surface area (TPSA) is 40.0 Å². The van der Waals surface area contributed by atoms with E-state index in [1.54, 1.807) is 12.1 Å². The van der Waals surface area contributed by atoms with Gasteiger partial charge in [-0.2, -0.15) is 5.11 Å². The molecule has 0 aliphatic rings. The van der Waals surface area contributed by atoms with Crippen LogP contribution in [0.15, 0.2) is 70.9 Å². The Hall–Kier alpha value is -2.79. The summed E-state index contributed by atoms with van der Waals surface area (Å²) >= 11 is 0. The van der Waals surface area contributed by atoms with Gasteiger partial charge in [-0.15, -0.1) is 5.11 Å². The van der Waals surface area contributed by atoms with Crippen LogP contribution in [0, 0.1) is 5.82 Å². The third-order valence-electron chi connectivity index (χ3n) is 4.64. The summed E-state index contributed by atoms with van der Waals surface area (Å²) in [6, 6.07) is 18.2. The van der Waals surface area contributed by atoms with E-state index >= 15 is 0 Å². The fourth-order valence-corrected chi connectivity index (χ4v) is 3.03. The van der Waals surface area contributed by atoms with Crippen molar-refractivity contribution in [2.45, 2.75) is 13.8 Å². The maximum atomic E-state index is 13.0. The standard InChI is InChI=1S/C22H25FN4/c1-3-27(4-2)16-15-24-21-13-14-22(20-8-6-5-7-19(20)21)26-25-18-11-9-17(23)10-12-18/h5-14,24H,3-4,15-16H2,1-2H3/b26-25+. The van der Waals surface area contributed by atoms with E-state index in [1.807, 2.05) is 30.3 Å². The van der Waals surface area contributed by atoms with Crippen LogP contribution in [0.1, 0.15) is 13.8 Å². The molecule has 0 saturated carbocycles. The van der Waals surface area contributed by atoms with Gasteiger partial charge in [-0.25, -0.2) is 4.39 Å². The van der Waals surface area contributed by atoms with Crippen LogP contribution in [0.4, 0.5) is 21.5 Å². The summed E-state index contributed by atoms with van der Waals surface area (Å²) in [5.74, 6) is -0.278. The number of nitrogens with one attached hydrogen (secondary N) is 1. The smallest absolute Gasteiger partial charge is 0.123 e. The molecule has 3 aromatic carbocycles. The molecule has 0 radical (unpaired) electrons. The highest BCUT2D eigenvalue weighted by Crippen LogP contribution is 2.32. The fourth-order valence-electron chi connectivity index (χ4n) is 3.03. The van der Waals surface area contributed by atoms with E-state index in [0.717, 1.165) is 48.3 Å². The summed E-state index contributed by atoms with van der Waals surface area (Å²) in [6.07, 6.45) is 0. The highest BCUT2D eigenvalue weighted by molar-refractivity contribution is 6.00. The normalized spacial score (nSPS) is 11.6. The average molecular weight is 364 g/mol. The summed E-state index contributed by atoms with van der Waals surface area (Å²) in [7, 11) is 0. The molecule has 0 aliphatic carbocycles. The summed E-state index contributed by atoms with van der Waals surface area (Å²) in [5, 5.41) is 14.3. The van der Waals surface area contributed by atoms with Gasteiger partial charge in [-0.1, -0.05) is 38.1 Å². The number of anilines is 1. The minimum atomic E-state index is -0.278. The number of fused-ring (bicyclic) bond motifs is 1. The number of likely N-dealkylation sites (N-methyl/N-ethyl adjacent to an activating group) is 1. The van der Waals surface area contributed by atoms with Gasteiger partial charge in [-0.3, -0.25) is 0 Å². The Kier molecular flexibility index (Phi) is 6.49. The molecule has 1 N–H and O–H groups in total. The molecule has 140 valence electrons. The molecule has 0 heterocycles. The lowest BCUT2D eigenvalue weighted by molar-refractivity contribution is 0.316. The largest absolute Gasteiger partial charge is 0.383 e. The van der Waals surface area contributed by atoms with Crippen LogP contribution < -0.4 is 5.32 Å².